The predicted molar refractivity (Wildman–Crippen MR) is 79.8 cm³/mol. The number of carboxylic acids is 1. The SMILES string of the molecule is CC(C)C1SCC(C(=O)O)N1C(=O)Nc1ccccc1F. The molecule has 21 heavy (non-hydrogen) atoms. The van der Waals surface area contributed by atoms with E-state index in [0.29, 0.717) is 5.75 Å². The minimum absolute atomic E-state index is 0.0473. The minimum Gasteiger partial charge on any atom is -0.480 e. The number of carboxylic acid groups (broad SMARTS) is 1. The van der Waals surface area contributed by atoms with Crippen LogP contribution >= 0.6 is 11.8 Å². The fourth-order valence-electron chi connectivity index (χ4n) is 2.23. The molecule has 7 heteroatoms. The van der Waals surface area contributed by atoms with E-state index < -0.39 is 23.9 Å². The standard InChI is InChI=1S/C14H17FN2O3S/c1-8(2)12-17(11(7-21-12)13(18)19)14(20)16-10-6-4-3-5-9(10)15/h3-6,8,11-12H,7H2,1-2H3,(H,16,20)(H,18,19). The van der Waals surface area contributed by atoms with Gasteiger partial charge in [0.05, 0.1) is 11.1 Å². The number of carbonyl (C=O) groups excluding carboxylic acids is 1. The largest absolute Gasteiger partial charge is 0.480 e. The second-order valence-electron chi connectivity index (χ2n) is 5.14. The number of urea groups is 1. The lowest BCUT2D eigenvalue weighted by Crippen LogP contribution is -2.49. The van der Waals surface area contributed by atoms with Gasteiger partial charge in [-0.1, -0.05) is 26.0 Å². The number of halogens is 1. The van der Waals surface area contributed by atoms with Crippen molar-refractivity contribution < 1.29 is 19.1 Å². The van der Waals surface area contributed by atoms with E-state index in [9.17, 15) is 19.1 Å². The van der Waals surface area contributed by atoms with Crippen molar-refractivity contribution in [2.24, 2.45) is 5.92 Å². The number of hydrogen-bond donors (Lipinski definition) is 2. The maximum absolute atomic E-state index is 13.6. The molecule has 0 saturated carbocycles. The fraction of sp³-hybridized carbons (Fsp3) is 0.429. The molecule has 2 amide bonds. The summed E-state index contributed by atoms with van der Waals surface area (Å²) in [6, 6.07) is 4.32. The third-order valence-corrected chi connectivity index (χ3v) is 4.86. The molecule has 0 bridgehead atoms. The van der Waals surface area contributed by atoms with Gasteiger partial charge in [0, 0.05) is 5.75 Å². The van der Waals surface area contributed by atoms with Crippen molar-refractivity contribution in [1.82, 2.24) is 4.90 Å². The number of hydrogen-bond acceptors (Lipinski definition) is 3. The van der Waals surface area contributed by atoms with Crippen LogP contribution in [0, 0.1) is 11.7 Å². The first-order valence-corrected chi connectivity index (χ1v) is 7.65. The summed E-state index contributed by atoms with van der Waals surface area (Å²) >= 11 is 1.43. The highest BCUT2D eigenvalue weighted by molar-refractivity contribution is 8.00. The van der Waals surface area contributed by atoms with Gasteiger partial charge in [-0.25, -0.2) is 14.0 Å². The van der Waals surface area contributed by atoms with Gasteiger partial charge in [0.1, 0.15) is 11.9 Å². The van der Waals surface area contributed by atoms with Crippen LogP contribution in [0.2, 0.25) is 0 Å². The van der Waals surface area contributed by atoms with Crippen molar-refractivity contribution in [3.8, 4) is 0 Å². The van der Waals surface area contributed by atoms with E-state index >= 15 is 0 Å². The number of carbonyl (C=O) groups is 2. The van der Waals surface area contributed by atoms with Gasteiger partial charge in [-0.05, 0) is 18.1 Å². The van der Waals surface area contributed by atoms with E-state index in [2.05, 4.69) is 5.32 Å². The van der Waals surface area contributed by atoms with Crippen molar-refractivity contribution in [3.63, 3.8) is 0 Å². The highest BCUT2D eigenvalue weighted by Crippen LogP contribution is 2.34. The van der Waals surface area contributed by atoms with Gasteiger partial charge in [-0.15, -0.1) is 11.8 Å². The van der Waals surface area contributed by atoms with Gasteiger partial charge in [0.2, 0.25) is 0 Å². The van der Waals surface area contributed by atoms with Crippen molar-refractivity contribution in [1.29, 1.82) is 0 Å². The number of amides is 2. The highest BCUT2D eigenvalue weighted by Gasteiger charge is 2.43. The van der Waals surface area contributed by atoms with E-state index in [0.717, 1.165) is 0 Å². The van der Waals surface area contributed by atoms with Crippen LogP contribution in [0.15, 0.2) is 24.3 Å². The lowest BCUT2D eigenvalue weighted by molar-refractivity contribution is -0.141. The Morgan fingerprint density at radius 1 is 1.43 bits per heavy atom. The van der Waals surface area contributed by atoms with Crippen LogP contribution in [0.5, 0.6) is 0 Å². The maximum atomic E-state index is 13.6. The molecule has 1 aliphatic heterocycles. The van der Waals surface area contributed by atoms with Crippen molar-refractivity contribution in [2.75, 3.05) is 11.1 Å². The average Bonchev–Trinajstić information content (AvgIpc) is 2.86. The van der Waals surface area contributed by atoms with Crippen LogP contribution < -0.4 is 5.32 Å². The Balaban J connectivity index is 2.21. The summed E-state index contributed by atoms with van der Waals surface area (Å²) in [4.78, 5) is 25.0. The molecule has 2 rings (SSSR count). The summed E-state index contributed by atoms with van der Waals surface area (Å²) in [5.41, 5.74) is 0.0473. The predicted octanol–water partition coefficient (Wildman–Crippen LogP) is 2.84. The molecule has 1 aliphatic rings. The van der Waals surface area contributed by atoms with E-state index in [1.54, 1.807) is 6.07 Å². The molecule has 114 valence electrons. The molecule has 2 N–H and O–H groups in total. The highest BCUT2D eigenvalue weighted by atomic mass is 32.2. The number of benzene rings is 1. The first-order valence-electron chi connectivity index (χ1n) is 6.60. The Labute approximate surface area is 126 Å². The summed E-state index contributed by atoms with van der Waals surface area (Å²) in [6.45, 7) is 3.84. The van der Waals surface area contributed by atoms with Crippen LogP contribution in [0.1, 0.15) is 13.8 Å². The summed E-state index contributed by atoms with van der Waals surface area (Å²) in [5.74, 6) is -1.16. The average molecular weight is 312 g/mol. The van der Waals surface area contributed by atoms with Gasteiger partial charge >= 0.3 is 12.0 Å². The molecule has 2 unspecified atom stereocenters. The van der Waals surface area contributed by atoms with Gasteiger partial charge in [-0.3, -0.25) is 4.90 Å². The quantitative estimate of drug-likeness (QED) is 0.900. The lowest BCUT2D eigenvalue weighted by Gasteiger charge is -2.29. The molecule has 1 fully saturated rings. The van der Waals surface area contributed by atoms with Crippen molar-refractivity contribution in [3.05, 3.63) is 30.1 Å². The van der Waals surface area contributed by atoms with E-state index in [1.807, 2.05) is 13.8 Å². The smallest absolute Gasteiger partial charge is 0.327 e. The second-order valence-corrected chi connectivity index (χ2v) is 6.29. The Morgan fingerprint density at radius 2 is 2.10 bits per heavy atom. The normalized spacial score (nSPS) is 21.6. The number of rotatable bonds is 3. The van der Waals surface area contributed by atoms with Crippen LogP contribution in [0.4, 0.5) is 14.9 Å². The van der Waals surface area contributed by atoms with Crippen LogP contribution in [0.3, 0.4) is 0 Å². The molecular formula is C14H17FN2O3S. The molecule has 0 aliphatic carbocycles. The van der Waals surface area contributed by atoms with Crippen LogP contribution in [-0.2, 0) is 4.79 Å². The maximum Gasteiger partial charge on any atom is 0.327 e. The Bertz CT molecular complexity index is 553. The summed E-state index contributed by atoms with van der Waals surface area (Å²) in [5, 5.41) is 11.5. The minimum atomic E-state index is -1.05. The van der Waals surface area contributed by atoms with E-state index in [4.69, 9.17) is 0 Å². The Kier molecular flexibility index (Phi) is 4.72. The van der Waals surface area contributed by atoms with Crippen LogP contribution in [0.25, 0.3) is 0 Å². The zero-order valence-electron chi connectivity index (χ0n) is 11.7. The molecule has 0 spiro atoms. The van der Waals surface area contributed by atoms with Crippen molar-refractivity contribution >= 4 is 29.4 Å². The molecule has 1 saturated heterocycles. The zero-order chi connectivity index (χ0) is 15.6. The monoisotopic (exact) mass is 312 g/mol. The van der Waals surface area contributed by atoms with E-state index in [1.165, 1.54) is 34.9 Å². The lowest BCUT2D eigenvalue weighted by atomic mass is 10.1. The van der Waals surface area contributed by atoms with Gasteiger partial charge in [0.15, 0.2) is 0 Å². The summed E-state index contributed by atoms with van der Waals surface area (Å²) in [7, 11) is 0. The molecule has 1 aromatic carbocycles. The van der Waals surface area contributed by atoms with Crippen LogP contribution in [-0.4, -0.2) is 39.2 Å². The topological polar surface area (TPSA) is 69.6 Å². The first-order chi connectivity index (χ1) is 9.91. The fourth-order valence-corrected chi connectivity index (χ4v) is 3.70. The number of aliphatic carboxylic acids is 1. The summed E-state index contributed by atoms with van der Waals surface area (Å²) in [6.07, 6.45) is 0. The summed E-state index contributed by atoms with van der Waals surface area (Å²) < 4.78 is 13.6. The van der Waals surface area contributed by atoms with Gasteiger partial charge < -0.3 is 10.4 Å². The number of anilines is 1. The Morgan fingerprint density at radius 3 is 2.67 bits per heavy atom. The molecule has 2 atom stereocenters. The Hall–Kier alpha value is -1.76. The third kappa shape index (κ3) is 3.29. The van der Waals surface area contributed by atoms with E-state index in [-0.39, 0.29) is 17.0 Å². The molecule has 5 nitrogen and oxygen atoms in total. The molecule has 1 aromatic rings. The molecular weight excluding hydrogens is 295 g/mol. The number of thioether (sulfide) groups is 1. The number of para-hydroxylation sites is 1. The zero-order valence-corrected chi connectivity index (χ0v) is 12.6. The third-order valence-electron chi connectivity index (χ3n) is 3.24. The molecule has 0 radical (unpaired) electrons. The molecule has 1 heterocycles. The second kappa shape index (κ2) is 6.34. The first kappa shape index (κ1) is 15.6. The number of nitrogens with zero attached hydrogens (tertiary/aromatic N) is 1. The molecule has 0 aromatic heterocycles. The van der Waals surface area contributed by atoms with Gasteiger partial charge in [0.25, 0.3) is 0 Å². The number of nitrogens with one attached hydrogen (secondary N) is 1. The van der Waals surface area contributed by atoms with Crippen molar-refractivity contribution in [2.45, 2.75) is 25.3 Å². The van der Waals surface area contributed by atoms with Gasteiger partial charge in [-0.2, -0.15) is 0 Å².